The van der Waals surface area contributed by atoms with Crippen LogP contribution in [0.5, 0.6) is 11.5 Å². The van der Waals surface area contributed by atoms with E-state index in [1.165, 1.54) is 0 Å². The molecule has 8 nitrogen and oxygen atoms in total. The molecule has 0 radical (unpaired) electrons. The van der Waals surface area contributed by atoms with Gasteiger partial charge in [-0.3, -0.25) is 9.52 Å². The van der Waals surface area contributed by atoms with E-state index in [0.29, 0.717) is 28.3 Å². The summed E-state index contributed by atoms with van der Waals surface area (Å²) in [6.45, 7) is 3.44. The number of ether oxygens (including phenoxy) is 2. The third-order valence-corrected chi connectivity index (χ3v) is 8.18. The molecule has 2 N–H and O–H groups in total. The van der Waals surface area contributed by atoms with E-state index in [1.54, 1.807) is 56.7 Å². The average molecular weight is 538 g/mol. The first kappa shape index (κ1) is 27.5. The van der Waals surface area contributed by atoms with Gasteiger partial charge in [0, 0.05) is 24.1 Å². The Hall–Kier alpha value is -3.56. The number of likely N-dealkylation sites (tertiary alicyclic amines) is 1. The largest absolute Gasteiger partial charge is 0.493 e. The first-order chi connectivity index (χ1) is 18.2. The summed E-state index contributed by atoms with van der Waals surface area (Å²) in [4.78, 5) is 15.6. The van der Waals surface area contributed by atoms with E-state index in [9.17, 15) is 13.2 Å². The fraction of sp³-hybridized carbons (Fsp3) is 0.345. The molecule has 0 bridgehead atoms. The number of likely N-dealkylation sites (N-methyl/N-ethyl adjacent to an activating group) is 1. The van der Waals surface area contributed by atoms with Gasteiger partial charge in [-0.05, 0) is 67.9 Å². The van der Waals surface area contributed by atoms with Gasteiger partial charge in [0.25, 0.3) is 5.91 Å². The summed E-state index contributed by atoms with van der Waals surface area (Å²) >= 11 is 0. The van der Waals surface area contributed by atoms with E-state index in [0.717, 1.165) is 30.6 Å². The molecule has 4 rings (SSSR count). The van der Waals surface area contributed by atoms with Crippen LogP contribution in [0.1, 0.15) is 39.4 Å². The molecule has 0 spiro atoms. The quantitative estimate of drug-likeness (QED) is 0.425. The lowest BCUT2D eigenvalue weighted by molar-refractivity contribution is 0.0904. The number of carbonyl (C=O) groups excluding carboxylic acids is 1. The van der Waals surface area contributed by atoms with Gasteiger partial charge in [0.15, 0.2) is 11.5 Å². The van der Waals surface area contributed by atoms with Crippen molar-refractivity contribution in [2.24, 2.45) is 0 Å². The topological polar surface area (TPSA) is 97.0 Å². The fourth-order valence-corrected chi connectivity index (χ4v) is 6.09. The maximum absolute atomic E-state index is 13.4. The predicted molar refractivity (Wildman–Crippen MR) is 150 cm³/mol. The van der Waals surface area contributed by atoms with Crippen molar-refractivity contribution in [3.63, 3.8) is 0 Å². The Morgan fingerprint density at radius 2 is 1.74 bits per heavy atom. The molecule has 3 aromatic rings. The number of nitrogens with zero attached hydrogens (tertiary/aromatic N) is 1. The number of anilines is 1. The normalized spacial score (nSPS) is 18.0. The fourth-order valence-electron chi connectivity index (χ4n) is 4.83. The Kier molecular flexibility index (Phi) is 8.58. The third kappa shape index (κ3) is 6.65. The molecule has 1 aliphatic heterocycles. The molecule has 1 heterocycles. The van der Waals surface area contributed by atoms with Gasteiger partial charge >= 0.3 is 0 Å². The molecule has 0 saturated carbocycles. The summed E-state index contributed by atoms with van der Waals surface area (Å²) in [6, 6.07) is 19.8. The van der Waals surface area contributed by atoms with Crippen LogP contribution in [0.25, 0.3) is 0 Å². The van der Waals surface area contributed by atoms with E-state index in [-0.39, 0.29) is 23.6 Å². The zero-order valence-electron chi connectivity index (χ0n) is 22.2. The second-order valence-corrected chi connectivity index (χ2v) is 11.5. The Labute approximate surface area is 225 Å². The Morgan fingerprint density at radius 3 is 2.45 bits per heavy atom. The molecule has 2 atom stereocenters. The molecule has 38 heavy (non-hydrogen) atoms. The first-order valence-electron chi connectivity index (χ1n) is 12.6. The molecule has 1 fully saturated rings. The van der Waals surface area contributed by atoms with Crippen LogP contribution in [0.2, 0.25) is 0 Å². The highest BCUT2D eigenvalue weighted by atomic mass is 32.2. The number of nitrogens with one attached hydrogen (secondary N) is 2. The molecule has 0 aromatic heterocycles. The average Bonchev–Trinajstić information content (AvgIpc) is 2.90. The van der Waals surface area contributed by atoms with Crippen LogP contribution in [0.4, 0.5) is 5.69 Å². The number of hydrogen-bond acceptors (Lipinski definition) is 6. The van der Waals surface area contributed by atoms with Gasteiger partial charge in [-0.1, -0.05) is 42.5 Å². The van der Waals surface area contributed by atoms with Gasteiger partial charge in [0.05, 0.1) is 25.7 Å². The van der Waals surface area contributed by atoms with E-state index < -0.39 is 10.0 Å². The lowest BCUT2D eigenvalue weighted by Gasteiger charge is -2.37. The number of rotatable bonds is 9. The van der Waals surface area contributed by atoms with E-state index in [2.05, 4.69) is 22.0 Å². The zero-order valence-corrected chi connectivity index (χ0v) is 23.0. The van der Waals surface area contributed by atoms with Gasteiger partial charge < -0.3 is 19.7 Å². The summed E-state index contributed by atoms with van der Waals surface area (Å²) in [5.41, 5.74) is 3.28. The molecular weight excluding hydrogens is 502 g/mol. The molecule has 1 saturated heterocycles. The molecule has 2 unspecified atom stereocenters. The molecule has 1 amide bonds. The van der Waals surface area contributed by atoms with Crippen molar-refractivity contribution in [3.8, 4) is 11.5 Å². The monoisotopic (exact) mass is 537 g/mol. The maximum Gasteiger partial charge on any atom is 0.251 e. The second kappa shape index (κ2) is 11.9. The number of benzene rings is 3. The SMILES string of the molecule is COc1ccc(C2CN(C)CCC2NC(=O)c2ccc(C)c(NS(=O)(=O)Cc3ccccc3)c2)cc1OC. The highest BCUT2D eigenvalue weighted by Gasteiger charge is 2.31. The minimum Gasteiger partial charge on any atom is -0.493 e. The molecule has 3 aromatic carbocycles. The molecule has 9 heteroatoms. The van der Waals surface area contributed by atoms with E-state index in [1.807, 2.05) is 31.2 Å². The zero-order chi connectivity index (χ0) is 27.3. The second-order valence-electron chi connectivity index (χ2n) is 9.73. The van der Waals surface area contributed by atoms with E-state index >= 15 is 0 Å². The summed E-state index contributed by atoms with van der Waals surface area (Å²) < 4.78 is 39.2. The van der Waals surface area contributed by atoms with Crippen molar-refractivity contribution in [2.75, 3.05) is 39.1 Å². The third-order valence-electron chi connectivity index (χ3n) is 6.93. The maximum atomic E-state index is 13.4. The van der Waals surface area contributed by atoms with Crippen LogP contribution in [0.15, 0.2) is 66.7 Å². The van der Waals surface area contributed by atoms with Crippen LogP contribution in [0, 0.1) is 6.92 Å². The molecule has 1 aliphatic rings. The highest BCUT2D eigenvalue weighted by Crippen LogP contribution is 2.34. The van der Waals surface area contributed by atoms with Gasteiger partial charge in [-0.15, -0.1) is 0 Å². The number of methoxy groups -OCH3 is 2. The van der Waals surface area contributed by atoms with Crippen molar-refractivity contribution in [2.45, 2.75) is 31.1 Å². The summed E-state index contributed by atoms with van der Waals surface area (Å²) in [5.74, 6) is 0.962. The van der Waals surface area contributed by atoms with Crippen LogP contribution < -0.4 is 19.5 Å². The van der Waals surface area contributed by atoms with Crippen LogP contribution in [-0.2, 0) is 15.8 Å². The Morgan fingerprint density at radius 1 is 1.00 bits per heavy atom. The van der Waals surface area contributed by atoms with Gasteiger partial charge in [0.1, 0.15) is 0 Å². The lowest BCUT2D eigenvalue weighted by atomic mass is 9.85. The number of sulfonamides is 1. The van der Waals surface area contributed by atoms with Crippen molar-refractivity contribution < 1.29 is 22.7 Å². The lowest BCUT2D eigenvalue weighted by Crippen LogP contribution is -2.48. The van der Waals surface area contributed by atoms with Gasteiger partial charge in [0.2, 0.25) is 10.0 Å². The van der Waals surface area contributed by atoms with Crippen molar-refractivity contribution in [3.05, 3.63) is 89.0 Å². The number of carbonyl (C=O) groups is 1. The van der Waals surface area contributed by atoms with Crippen LogP contribution in [0.3, 0.4) is 0 Å². The number of hydrogen-bond donors (Lipinski definition) is 2. The minimum atomic E-state index is -3.65. The number of piperidine rings is 1. The van der Waals surface area contributed by atoms with E-state index in [4.69, 9.17) is 9.47 Å². The van der Waals surface area contributed by atoms with Crippen molar-refractivity contribution in [1.82, 2.24) is 10.2 Å². The number of aryl methyl sites for hydroxylation is 1. The summed E-state index contributed by atoms with van der Waals surface area (Å²) in [6.07, 6.45) is 0.781. The van der Waals surface area contributed by atoms with Crippen molar-refractivity contribution in [1.29, 1.82) is 0 Å². The van der Waals surface area contributed by atoms with Gasteiger partial charge in [-0.2, -0.15) is 0 Å². The van der Waals surface area contributed by atoms with Crippen LogP contribution in [-0.4, -0.2) is 59.6 Å². The molecule has 0 aliphatic carbocycles. The predicted octanol–water partition coefficient (Wildman–Crippen LogP) is 4.17. The van der Waals surface area contributed by atoms with Gasteiger partial charge in [-0.25, -0.2) is 8.42 Å². The Balaban J connectivity index is 1.52. The Bertz CT molecular complexity index is 1380. The van der Waals surface area contributed by atoms with Crippen molar-refractivity contribution >= 4 is 21.6 Å². The first-order valence-corrected chi connectivity index (χ1v) is 14.2. The summed E-state index contributed by atoms with van der Waals surface area (Å²) in [7, 11) is 1.63. The molecular formula is C29H35N3O5S. The van der Waals surface area contributed by atoms with Crippen LogP contribution >= 0.6 is 0 Å². The molecule has 202 valence electrons. The highest BCUT2D eigenvalue weighted by molar-refractivity contribution is 7.91. The number of amides is 1. The summed E-state index contributed by atoms with van der Waals surface area (Å²) in [5, 5.41) is 3.20. The standard InChI is InChI=1S/C29H35N3O5S/c1-20-10-11-23(16-26(20)31-38(34,35)19-21-8-6-5-7-9-21)29(33)30-25-14-15-32(2)18-24(25)22-12-13-27(36-3)28(17-22)37-4/h5-13,16-17,24-25,31H,14-15,18-19H2,1-4H3,(H,30,33). The smallest absolute Gasteiger partial charge is 0.251 e. The minimum absolute atomic E-state index is 0.0480.